The van der Waals surface area contributed by atoms with Crippen molar-refractivity contribution in [3.8, 4) is 5.75 Å². The summed E-state index contributed by atoms with van der Waals surface area (Å²) in [7, 11) is -3.46. The molecular formula is C19H17IrO3P. The summed E-state index contributed by atoms with van der Waals surface area (Å²) in [4.78, 5) is 0. The summed E-state index contributed by atoms with van der Waals surface area (Å²) in [6.07, 6.45) is 0. The molecular weight excluding hydrogens is 499 g/mol. The number of para-hydroxylation sites is 1. The van der Waals surface area contributed by atoms with Crippen LogP contribution in [0.1, 0.15) is 5.56 Å². The van der Waals surface area contributed by atoms with Crippen molar-refractivity contribution in [3.05, 3.63) is 96.6 Å². The van der Waals surface area contributed by atoms with E-state index in [0.29, 0.717) is 11.1 Å². The van der Waals surface area contributed by atoms with Gasteiger partial charge >= 0.3 is 7.60 Å². The Hall–Kier alpha value is -1.70. The summed E-state index contributed by atoms with van der Waals surface area (Å²) in [6, 6.07) is 27.7. The molecule has 1 unspecified atom stereocenters. The quantitative estimate of drug-likeness (QED) is 0.442. The summed E-state index contributed by atoms with van der Waals surface area (Å²) >= 11 is 0. The van der Waals surface area contributed by atoms with Gasteiger partial charge in [0.25, 0.3) is 0 Å². The van der Waals surface area contributed by atoms with E-state index in [0.717, 1.165) is 5.56 Å². The molecule has 0 aliphatic carbocycles. The van der Waals surface area contributed by atoms with E-state index in [9.17, 15) is 4.57 Å². The maximum Gasteiger partial charge on any atom is 0.411 e. The van der Waals surface area contributed by atoms with Gasteiger partial charge in [-0.1, -0.05) is 66.7 Å². The number of benzene rings is 3. The number of rotatable bonds is 6. The smallest absolute Gasteiger partial charge is 0.411 e. The van der Waals surface area contributed by atoms with Crippen molar-refractivity contribution in [1.82, 2.24) is 0 Å². The first kappa shape index (κ1) is 18.6. The zero-order valence-corrected chi connectivity index (χ0v) is 16.2. The fraction of sp³-hybridized carbons (Fsp3) is 0.0526. The number of hydrogen-bond acceptors (Lipinski definition) is 3. The van der Waals surface area contributed by atoms with Crippen LogP contribution in [0, 0.1) is 0 Å². The van der Waals surface area contributed by atoms with Crippen LogP contribution >= 0.6 is 7.60 Å². The molecule has 0 amide bonds. The average Bonchev–Trinajstić information content (AvgIpc) is 2.63. The van der Waals surface area contributed by atoms with Crippen LogP contribution in [-0.4, -0.2) is 0 Å². The molecule has 24 heavy (non-hydrogen) atoms. The molecule has 3 aromatic rings. The summed E-state index contributed by atoms with van der Waals surface area (Å²) in [5.41, 5.74) is 0.945. The van der Waals surface area contributed by atoms with Gasteiger partial charge in [0, 0.05) is 20.1 Å². The monoisotopic (exact) mass is 517 g/mol. The van der Waals surface area contributed by atoms with E-state index >= 15 is 0 Å². The van der Waals surface area contributed by atoms with E-state index in [4.69, 9.17) is 9.05 Å². The molecule has 0 spiro atoms. The second kappa shape index (κ2) is 8.96. The first-order valence-corrected chi connectivity index (χ1v) is 8.89. The van der Waals surface area contributed by atoms with Gasteiger partial charge in [-0.3, -0.25) is 4.52 Å². The van der Waals surface area contributed by atoms with Crippen molar-refractivity contribution in [2.75, 3.05) is 0 Å². The normalized spacial score (nSPS) is 12.7. The van der Waals surface area contributed by atoms with Gasteiger partial charge in [-0.2, -0.15) is 0 Å². The zero-order valence-electron chi connectivity index (χ0n) is 12.9. The van der Waals surface area contributed by atoms with Gasteiger partial charge in [-0.15, -0.1) is 0 Å². The third-order valence-electron chi connectivity index (χ3n) is 3.29. The van der Waals surface area contributed by atoms with Crippen LogP contribution in [0.2, 0.25) is 0 Å². The van der Waals surface area contributed by atoms with Gasteiger partial charge in [-0.25, -0.2) is 4.57 Å². The Labute approximate surface area is 155 Å². The van der Waals surface area contributed by atoms with Crippen LogP contribution in [0.4, 0.5) is 0 Å². The third kappa shape index (κ3) is 4.90. The molecule has 3 rings (SSSR count). The minimum Gasteiger partial charge on any atom is -0.421 e. The second-order valence-electron chi connectivity index (χ2n) is 5.00. The van der Waals surface area contributed by atoms with Crippen LogP contribution in [0.25, 0.3) is 0 Å². The molecule has 0 fully saturated rings. The Kier molecular flexibility index (Phi) is 6.96. The molecule has 0 bridgehead atoms. The van der Waals surface area contributed by atoms with Gasteiger partial charge in [0.15, 0.2) is 0 Å². The molecule has 0 aromatic heterocycles. The Balaban J connectivity index is 0.00000208. The van der Waals surface area contributed by atoms with E-state index in [1.54, 1.807) is 24.3 Å². The van der Waals surface area contributed by atoms with Gasteiger partial charge in [0.05, 0.1) is 11.9 Å². The standard InChI is InChI=1S/C19H17O3P.Ir/c20-23(19-14-8-3-9-15-19,22-18-12-6-2-7-13-18)21-16-17-10-4-1-5-11-17;/h1-15H,16H2;. The van der Waals surface area contributed by atoms with Crippen molar-refractivity contribution >= 4 is 12.9 Å². The first-order valence-electron chi connectivity index (χ1n) is 7.35. The van der Waals surface area contributed by atoms with Crippen molar-refractivity contribution in [3.63, 3.8) is 0 Å². The molecule has 0 heterocycles. The Morgan fingerprint density at radius 1 is 0.708 bits per heavy atom. The van der Waals surface area contributed by atoms with Crippen LogP contribution in [0.5, 0.6) is 5.75 Å². The average molecular weight is 517 g/mol. The summed E-state index contributed by atoms with van der Waals surface area (Å²) in [5.74, 6) is 0.521. The Morgan fingerprint density at radius 3 is 1.79 bits per heavy atom. The molecule has 1 atom stereocenters. The van der Waals surface area contributed by atoms with Crippen LogP contribution in [-0.2, 0) is 35.8 Å². The van der Waals surface area contributed by atoms with Crippen molar-refractivity contribution in [2.45, 2.75) is 6.61 Å². The fourth-order valence-electron chi connectivity index (χ4n) is 2.12. The maximum atomic E-state index is 13.3. The molecule has 125 valence electrons. The Bertz CT molecular complexity index is 779. The van der Waals surface area contributed by atoms with Gasteiger partial charge in [0.1, 0.15) is 5.75 Å². The predicted molar refractivity (Wildman–Crippen MR) is 92.0 cm³/mol. The maximum absolute atomic E-state index is 13.3. The molecule has 1 radical (unpaired) electrons. The van der Waals surface area contributed by atoms with Gasteiger partial charge in [0.2, 0.25) is 0 Å². The molecule has 0 aliphatic rings. The summed E-state index contributed by atoms with van der Waals surface area (Å²) in [6.45, 7) is 0.222. The van der Waals surface area contributed by atoms with Crippen LogP contribution in [0.15, 0.2) is 91.0 Å². The molecule has 5 heteroatoms. The molecule has 0 saturated heterocycles. The Morgan fingerprint density at radius 2 is 1.21 bits per heavy atom. The largest absolute Gasteiger partial charge is 0.421 e. The number of hydrogen-bond donors (Lipinski definition) is 0. The van der Waals surface area contributed by atoms with Gasteiger partial charge < -0.3 is 4.52 Å². The minimum atomic E-state index is -3.46. The zero-order chi connectivity index (χ0) is 16.0. The van der Waals surface area contributed by atoms with E-state index in [1.165, 1.54) is 0 Å². The van der Waals surface area contributed by atoms with Crippen molar-refractivity contribution in [1.29, 1.82) is 0 Å². The van der Waals surface area contributed by atoms with E-state index in [2.05, 4.69) is 0 Å². The van der Waals surface area contributed by atoms with Crippen molar-refractivity contribution < 1.29 is 33.7 Å². The molecule has 0 saturated carbocycles. The molecule has 3 nitrogen and oxygen atoms in total. The topological polar surface area (TPSA) is 35.5 Å². The molecule has 3 aromatic carbocycles. The van der Waals surface area contributed by atoms with Crippen LogP contribution in [0.3, 0.4) is 0 Å². The summed E-state index contributed by atoms with van der Waals surface area (Å²) in [5, 5.41) is 0.541. The van der Waals surface area contributed by atoms with E-state index in [1.807, 2.05) is 66.7 Å². The second-order valence-corrected chi connectivity index (χ2v) is 6.95. The first-order chi connectivity index (χ1) is 11.3. The van der Waals surface area contributed by atoms with Gasteiger partial charge in [-0.05, 0) is 29.8 Å². The van der Waals surface area contributed by atoms with E-state index < -0.39 is 7.60 Å². The minimum absolute atomic E-state index is 0. The van der Waals surface area contributed by atoms with Crippen LogP contribution < -0.4 is 9.83 Å². The fourth-order valence-corrected chi connectivity index (χ4v) is 3.68. The molecule has 0 aliphatic heterocycles. The summed E-state index contributed by atoms with van der Waals surface area (Å²) < 4.78 is 24.8. The SMILES string of the molecule is O=P(OCc1ccccc1)(Oc1ccccc1)c1ccccc1.[Ir]. The van der Waals surface area contributed by atoms with Crippen molar-refractivity contribution in [2.24, 2.45) is 0 Å². The van der Waals surface area contributed by atoms with E-state index in [-0.39, 0.29) is 26.7 Å². The third-order valence-corrected chi connectivity index (χ3v) is 5.14. The molecule has 0 N–H and O–H groups in total. The predicted octanol–water partition coefficient (Wildman–Crippen LogP) is 4.80.